The molecular weight excluding hydrogens is 330 g/mol. The molecular formula is C18H23N7O. The van der Waals surface area contributed by atoms with E-state index in [-0.39, 0.29) is 5.92 Å². The Kier molecular flexibility index (Phi) is 4.64. The van der Waals surface area contributed by atoms with Crippen LogP contribution in [-0.4, -0.2) is 42.1 Å². The van der Waals surface area contributed by atoms with Crippen molar-refractivity contribution < 1.29 is 4.74 Å². The number of tetrazole rings is 1. The van der Waals surface area contributed by atoms with Gasteiger partial charge in [0.15, 0.2) is 11.6 Å². The van der Waals surface area contributed by atoms with Crippen molar-refractivity contribution in [2.75, 3.05) is 7.11 Å². The number of nitrogens with zero attached hydrogens (tertiary/aromatic N) is 7. The van der Waals surface area contributed by atoms with E-state index in [0.717, 1.165) is 61.1 Å². The maximum absolute atomic E-state index is 5.46. The monoisotopic (exact) mass is 353 g/mol. The van der Waals surface area contributed by atoms with E-state index >= 15 is 0 Å². The van der Waals surface area contributed by atoms with Gasteiger partial charge in [0.1, 0.15) is 11.6 Å². The zero-order valence-corrected chi connectivity index (χ0v) is 15.2. The summed E-state index contributed by atoms with van der Waals surface area (Å²) in [5, 5.41) is 17.0. The van der Waals surface area contributed by atoms with Crippen molar-refractivity contribution in [2.45, 2.75) is 51.6 Å². The molecule has 0 spiro atoms. The first-order valence-electron chi connectivity index (χ1n) is 9.11. The van der Waals surface area contributed by atoms with Crippen LogP contribution in [0.15, 0.2) is 24.3 Å². The molecule has 2 aromatic heterocycles. The molecule has 0 N–H and O–H groups in total. The highest BCUT2D eigenvalue weighted by Crippen LogP contribution is 2.30. The van der Waals surface area contributed by atoms with Gasteiger partial charge in [-0.15, -0.1) is 5.10 Å². The zero-order valence-electron chi connectivity index (χ0n) is 15.2. The predicted molar refractivity (Wildman–Crippen MR) is 95.0 cm³/mol. The van der Waals surface area contributed by atoms with Gasteiger partial charge in [-0.05, 0) is 36.3 Å². The molecule has 1 aromatic carbocycles. The van der Waals surface area contributed by atoms with Crippen molar-refractivity contribution in [3.63, 3.8) is 0 Å². The average Bonchev–Trinajstić information content (AvgIpc) is 3.25. The molecule has 3 aromatic rings. The Bertz CT molecular complexity index is 885. The molecule has 8 nitrogen and oxygen atoms in total. The number of aryl methyl sites for hydroxylation is 2. The number of aromatic nitrogens is 7. The van der Waals surface area contributed by atoms with Crippen molar-refractivity contribution in [1.82, 2.24) is 35.0 Å². The van der Waals surface area contributed by atoms with E-state index in [1.807, 2.05) is 27.6 Å². The molecule has 8 heteroatoms. The van der Waals surface area contributed by atoms with Crippen LogP contribution in [-0.2, 0) is 19.5 Å². The molecule has 4 rings (SSSR count). The number of para-hydroxylation sites is 1. The highest BCUT2D eigenvalue weighted by molar-refractivity contribution is 5.35. The Balaban J connectivity index is 1.68. The first-order chi connectivity index (χ1) is 12.8. The Morgan fingerprint density at radius 2 is 2.08 bits per heavy atom. The Morgan fingerprint density at radius 1 is 1.19 bits per heavy atom. The van der Waals surface area contributed by atoms with Crippen LogP contribution in [0.4, 0.5) is 0 Å². The lowest BCUT2D eigenvalue weighted by atomic mass is 10.0. The van der Waals surface area contributed by atoms with E-state index in [0.29, 0.717) is 6.42 Å². The summed E-state index contributed by atoms with van der Waals surface area (Å²) in [6.45, 7) is 3.73. The number of benzene rings is 1. The van der Waals surface area contributed by atoms with Gasteiger partial charge < -0.3 is 4.74 Å². The summed E-state index contributed by atoms with van der Waals surface area (Å²) in [6, 6.07) is 8.00. The van der Waals surface area contributed by atoms with Gasteiger partial charge in [0.2, 0.25) is 0 Å². The highest BCUT2D eigenvalue weighted by atomic mass is 16.5. The second kappa shape index (κ2) is 7.23. The smallest absolute Gasteiger partial charge is 0.161 e. The predicted octanol–water partition coefficient (Wildman–Crippen LogP) is 2.20. The quantitative estimate of drug-likeness (QED) is 0.699. The largest absolute Gasteiger partial charge is 0.496 e. The van der Waals surface area contributed by atoms with Crippen LogP contribution in [0.3, 0.4) is 0 Å². The summed E-state index contributed by atoms with van der Waals surface area (Å²) in [5.74, 6) is 3.60. The van der Waals surface area contributed by atoms with Crippen molar-refractivity contribution in [2.24, 2.45) is 0 Å². The van der Waals surface area contributed by atoms with Gasteiger partial charge in [0.25, 0.3) is 0 Å². The van der Waals surface area contributed by atoms with Crippen molar-refractivity contribution >= 4 is 0 Å². The van der Waals surface area contributed by atoms with E-state index in [4.69, 9.17) is 14.8 Å². The standard InChI is InChI=1S/C18H23N7O/c1-3-24-17(14-9-6-7-11-25-18(14)20-22-23-25)19-16(21-24)12-13-8-4-5-10-15(13)26-2/h4-5,8,10,14H,3,6-7,9,11-12H2,1-2H3. The van der Waals surface area contributed by atoms with Crippen LogP contribution in [0.5, 0.6) is 5.75 Å². The summed E-state index contributed by atoms with van der Waals surface area (Å²) >= 11 is 0. The first kappa shape index (κ1) is 16.7. The fourth-order valence-electron chi connectivity index (χ4n) is 3.59. The Labute approximate surface area is 152 Å². The summed E-state index contributed by atoms with van der Waals surface area (Å²) < 4.78 is 9.35. The molecule has 0 saturated carbocycles. The molecule has 3 heterocycles. The van der Waals surface area contributed by atoms with Crippen molar-refractivity contribution in [1.29, 1.82) is 0 Å². The first-order valence-corrected chi connectivity index (χ1v) is 9.11. The second-order valence-electron chi connectivity index (χ2n) is 6.50. The van der Waals surface area contributed by atoms with Gasteiger partial charge in [-0.25, -0.2) is 14.3 Å². The van der Waals surface area contributed by atoms with Gasteiger partial charge in [-0.1, -0.05) is 24.6 Å². The summed E-state index contributed by atoms with van der Waals surface area (Å²) in [5.41, 5.74) is 1.08. The number of hydrogen-bond acceptors (Lipinski definition) is 6. The molecule has 0 bridgehead atoms. The van der Waals surface area contributed by atoms with Crippen LogP contribution >= 0.6 is 0 Å². The number of ether oxygens (including phenoxy) is 1. The third kappa shape index (κ3) is 3.07. The van der Waals surface area contributed by atoms with Crippen LogP contribution in [0.2, 0.25) is 0 Å². The van der Waals surface area contributed by atoms with Gasteiger partial charge >= 0.3 is 0 Å². The lowest BCUT2D eigenvalue weighted by Crippen LogP contribution is -2.14. The van der Waals surface area contributed by atoms with Gasteiger partial charge in [-0.2, -0.15) is 5.10 Å². The lowest BCUT2D eigenvalue weighted by Gasteiger charge is -2.12. The van der Waals surface area contributed by atoms with E-state index in [9.17, 15) is 0 Å². The fraction of sp³-hybridized carbons (Fsp3) is 0.500. The molecule has 136 valence electrons. The van der Waals surface area contributed by atoms with E-state index < -0.39 is 0 Å². The molecule has 1 atom stereocenters. The normalized spacial score (nSPS) is 16.9. The lowest BCUT2D eigenvalue weighted by molar-refractivity contribution is 0.410. The molecule has 0 aliphatic carbocycles. The molecule has 26 heavy (non-hydrogen) atoms. The minimum absolute atomic E-state index is 0.0892. The van der Waals surface area contributed by atoms with Gasteiger partial charge in [0.05, 0.1) is 13.0 Å². The molecule has 0 radical (unpaired) electrons. The van der Waals surface area contributed by atoms with Gasteiger partial charge in [-0.3, -0.25) is 0 Å². The average molecular weight is 353 g/mol. The molecule has 1 aliphatic rings. The third-order valence-electron chi connectivity index (χ3n) is 4.88. The van der Waals surface area contributed by atoms with E-state index in [1.54, 1.807) is 7.11 Å². The second-order valence-corrected chi connectivity index (χ2v) is 6.50. The minimum Gasteiger partial charge on any atom is -0.496 e. The van der Waals surface area contributed by atoms with Crippen LogP contribution < -0.4 is 4.74 Å². The van der Waals surface area contributed by atoms with Crippen LogP contribution in [0.25, 0.3) is 0 Å². The Hall–Kier alpha value is -2.77. The van der Waals surface area contributed by atoms with E-state index in [2.05, 4.69) is 28.5 Å². The third-order valence-corrected chi connectivity index (χ3v) is 4.88. The molecule has 0 saturated heterocycles. The number of fused-ring (bicyclic) bond motifs is 1. The number of methoxy groups -OCH3 is 1. The zero-order chi connectivity index (χ0) is 17.9. The summed E-state index contributed by atoms with van der Waals surface area (Å²) in [7, 11) is 1.69. The minimum atomic E-state index is 0.0892. The topological polar surface area (TPSA) is 83.5 Å². The van der Waals surface area contributed by atoms with E-state index in [1.165, 1.54) is 0 Å². The molecule has 0 fully saturated rings. The Morgan fingerprint density at radius 3 is 2.92 bits per heavy atom. The van der Waals surface area contributed by atoms with Crippen molar-refractivity contribution in [3.05, 3.63) is 47.3 Å². The maximum Gasteiger partial charge on any atom is 0.161 e. The SMILES string of the molecule is CCn1nc(Cc2ccccc2OC)nc1C1CCCCn2nnnc21. The fourth-order valence-corrected chi connectivity index (χ4v) is 3.59. The summed E-state index contributed by atoms with van der Waals surface area (Å²) in [4.78, 5) is 4.88. The maximum atomic E-state index is 5.46. The number of rotatable bonds is 5. The van der Waals surface area contributed by atoms with Gasteiger partial charge in [0, 0.05) is 25.1 Å². The van der Waals surface area contributed by atoms with Crippen LogP contribution in [0.1, 0.15) is 55.1 Å². The highest BCUT2D eigenvalue weighted by Gasteiger charge is 2.28. The summed E-state index contributed by atoms with van der Waals surface area (Å²) in [6.07, 6.45) is 3.84. The molecule has 1 unspecified atom stereocenters. The van der Waals surface area contributed by atoms with Crippen molar-refractivity contribution in [3.8, 4) is 5.75 Å². The molecule has 0 amide bonds. The van der Waals surface area contributed by atoms with Crippen LogP contribution in [0, 0.1) is 0 Å². The molecule has 1 aliphatic heterocycles. The number of hydrogen-bond donors (Lipinski definition) is 0.